The van der Waals surface area contributed by atoms with Gasteiger partial charge < -0.3 is 0 Å². The summed E-state index contributed by atoms with van der Waals surface area (Å²) in [7, 11) is -1.39. The molecule has 1 atom stereocenters. The van der Waals surface area contributed by atoms with Gasteiger partial charge in [0, 0.05) is 45.7 Å². The number of Topliss-reactive ketones (excluding diaryl/α,β-unsaturated/α-hetero) is 1. The second-order valence-corrected chi connectivity index (χ2v) is 7.96. The van der Waals surface area contributed by atoms with Crippen molar-refractivity contribution in [3.05, 3.63) is 84.7 Å². The molecule has 1 unspecified atom stereocenters. The SMILES string of the molecule is CCC(=O)C1=CC=C(C#Cc2cncc([N+](=O)[O-])c2)[SH]1c1cncc([N+](=O)[O-])c1. The number of nitro groups is 2. The highest BCUT2D eigenvalue weighted by Crippen LogP contribution is 2.54. The van der Waals surface area contributed by atoms with E-state index in [1.807, 2.05) is 0 Å². The molecule has 1 aliphatic rings. The van der Waals surface area contributed by atoms with Gasteiger partial charge >= 0.3 is 0 Å². The summed E-state index contributed by atoms with van der Waals surface area (Å²) in [5, 5.41) is 22.0. The van der Waals surface area contributed by atoms with Crippen LogP contribution in [0.4, 0.5) is 11.4 Å². The van der Waals surface area contributed by atoms with Gasteiger partial charge in [0.1, 0.15) is 12.4 Å². The first kappa shape index (κ1) is 19.9. The number of nitrogens with zero attached hydrogens (tertiary/aromatic N) is 4. The molecule has 0 aliphatic carbocycles. The van der Waals surface area contributed by atoms with Gasteiger partial charge in [0.05, 0.1) is 15.4 Å². The second kappa shape index (κ2) is 8.45. The molecule has 2 aromatic heterocycles. The molecule has 0 fully saturated rings. The van der Waals surface area contributed by atoms with Crippen LogP contribution >= 0.6 is 10.9 Å². The van der Waals surface area contributed by atoms with E-state index in [9.17, 15) is 25.0 Å². The molecule has 0 N–H and O–H groups in total. The summed E-state index contributed by atoms with van der Waals surface area (Å²) in [6.07, 6.45) is 8.82. The highest BCUT2D eigenvalue weighted by Gasteiger charge is 2.26. The molecular weight excluding hydrogens is 396 g/mol. The van der Waals surface area contributed by atoms with E-state index in [4.69, 9.17) is 0 Å². The minimum atomic E-state index is -1.39. The third-order valence-electron chi connectivity index (χ3n) is 3.94. The lowest BCUT2D eigenvalue weighted by molar-refractivity contribution is -0.385. The smallest absolute Gasteiger partial charge is 0.288 e. The number of hydrogen-bond donors (Lipinski definition) is 1. The molecule has 1 aliphatic heterocycles. The van der Waals surface area contributed by atoms with Crippen LogP contribution in [0.2, 0.25) is 0 Å². The van der Waals surface area contributed by atoms with E-state index in [2.05, 4.69) is 21.8 Å². The fraction of sp³-hybridized carbons (Fsp3) is 0.105. The van der Waals surface area contributed by atoms with Crippen LogP contribution in [0.3, 0.4) is 0 Å². The zero-order valence-corrected chi connectivity index (χ0v) is 16.0. The molecule has 3 rings (SSSR count). The number of thiol groups is 1. The van der Waals surface area contributed by atoms with E-state index in [1.54, 1.807) is 19.1 Å². The summed E-state index contributed by atoms with van der Waals surface area (Å²) in [6, 6.07) is 2.70. The number of ketones is 1. The first-order valence-electron chi connectivity index (χ1n) is 8.37. The van der Waals surface area contributed by atoms with Crippen molar-refractivity contribution in [2.75, 3.05) is 0 Å². The Morgan fingerprint density at radius 2 is 1.66 bits per heavy atom. The van der Waals surface area contributed by atoms with Gasteiger partial charge in [-0.2, -0.15) is 10.9 Å². The van der Waals surface area contributed by atoms with Gasteiger partial charge in [-0.3, -0.25) is 35.0 Å². The summed E-state index contributed by atoms with van der Waals surface area (Å²) in [6.45, 7) is 1.74. The Hall–Kier alpha value is -3.84. The van der Waals surface area contributed by atoms with Crippen molar-refractivity contribution in [1.29, 1.82) is 0 Å². The van der Waals surface area contributed by atoms with Crippen molar-refractivity contribution in [2.24, 2.45) is 0 Å². The van der Waals surface area contributed by atoms with Crippen molar-refractivity contribution in [3.63, 3.8) is 0 Å². The van der Waals surface area contributed by atoms with Crippen molar-refractivity contribution in [1.82, 2.24) is 9.97 Å². The van der Waals surface area contributed by atoms with Crippen LogP contribution in [-0.4, -0.2) is 25.6 Å². The van der Waals surface area contributed by atoms with Gasteiger partial charge in [-0.05, 0) is 12.2 Å². The highest BCUT2D eigenvalue weighted by atomic mass is 32.2. The van der Waals surface area contributed by atoms with Crippen LogP contribution in [0, 0.1) is 32.1 Å². The van der Waals surface area contributed by atoms with E-state index in [0.717, 1.165) is 12.4 Å². The zero-order chi connectivity index (χ0) is 21.0. The molecule has 10 heteroatoms. The van der Waals surface area contributed by atoms with Gasteiger partial charge in [0.2, 0.25) is 0 Å². The maximum absolute atomic E-state index is 12.4. The fourth-order valence-corrected chi connectivity index (χ4v) is 4.86. The van der Waals surface area contributed by atoms with Crippen LogP contribution in [-0.2, 0) is 4.79 Å². The van der Waals surface area contributed by atoms with Crippen LogP contribution in [0.5, 0.6) is 0 Å². The van der Waals surface area contributed by atoms with Crippen LogP contribution < -0.4 is 0 Å². The number of hydrogen-bond acceptors (Lipinski definition) is 7. The van der Waals surface area contributed by atoms with Gasteiger partial charge in [0.15, 0.2) is 5.78 Å². The third-order valence-corrected chi connectivity index (χ3v) is 6.32. The van der Waals surface area contributed by atoms with Gasteiger partial charge in [-0.1, -0.05) is 18.8 Å². The summed E-state index contributed by atoms with van der Waals surface area (Å²) in [5.74, 6) is 5.70. The summed E-state index contributed by atoms with van der Waals surface area (Å²) in [4.78, 5) is 42.7. The average Bonchev–Trinajstić information content (AvgIpc) is 3.16. The lowest BCUT2D eigenvalue weighted by Gasteiger charge is -2.20. The van der Waals surface area contributed by atoms with E-state index in [0.29, 0.717) is 20.3 Å². The van der Waals surface area contributed by atoms with Crippen molar-refractivity contribution in [2.45, 2.75) is 18.2 Å². The van der Waals surface area contributed by atoms with E-state index in [1.165, 1.54) is 24.5 Å². The Kier molecular flexibility index (Phi) is 5.80. The van der Waals surface area contributed by atoms with Crippen molar-refractivity contribution < 1.29 is 14.6 Å². The van der Waals surface area contributed by atoms with Gasteiger partial charge in [0.25, 0.3) is 11.4 Å². The monoisotopic (exact) mass is 410 g/mol. The molecule has 29 heavy (non-hydrogen) atoms. The first-order chi connectivity index (χ1) is 13.9. The molecule has 2 aromatic rings. The number of aromatic nitrogens is 2. The Bertz CT molecular complexity index is 1150. The number of carbonyl (C=O) groups is 1. The topological polar surface area (TPSA) is 129 Å². The minimum Gasteiger partial charge on any atom is -0.294 e. The van der Waals surface area contributed by atoms with E-state index < -0.39 is 20.7 Å². The molecule has 0 amide bonds. The van der Waals surface area contributed by atoms with Crippen molar-refractivity contribution >= 4 is 28.1 Å². The molecule has 146 valence electrons. The van der Waals surface area contributed by atoms with Gasteiger partial charge in [-0.15, -0.1) is 0 Å². The highest BCUT2D eigenvalue weighted by molar-refractivity contribution is 8.24. The van der Waals surface area contributed by atoms with Crippen LogP contribution in [0.25, 0.3) is 0 Å². The average molecular weight is 410 g/mol. The molecule has 0 bridgehead atoms. The number of carbonyl (C=O) groups excluding carboxylic acids is 1. The minimum absolute atomic E-state index is 0.0762. The van der Waals surface area contributed by atoms with Crippen molar-refractivity contribution in [3.8, 4) is 11.8 Å². The van der Waals surface area contributed by atoms with Crippen LogP contribution in [0.1, 0.15) is 18.9 Å². The molecule has 3 heterocycles. The Labute approximate surface area is 167 Å². The van der Waals surface area contributed by atoms with E-state index in [-0.39, 0.29) is 23.6 Å². The molecule has 0 saturated carbocycles. The maximum atomic E-state index is 12.4. The lowest BCUT2D eigenvalue weighted by Crippen LogP contribution is -2.01. The predicted octanol–water partition coefficient (Wildman–Crippen LogP) is 3.47. The normalized spacial score (nSPS) is 16.2. The summed E-state index contributed by atoms with van der Waals surface area (Å²) >= 11 is 0. The molecule has 9 nitrogen and oxygen atoms in total. The molecule has 0 spiro atoms. The number of rotatable bonds is 5. The van der Waals surface area contributed by atoms with E-state index >= 15 is 0 Å². The largest absolute Gasteiger partial charge is 0.294 e. The first-order valence-corrected chi connectivity index (χ1v) is 9.71. The number of pyridine rings is 2. The summed E-state index contributed by atoms with van der Waals surface area (Å²) in [5.41, 5.74) is 0.000186. The Balaban J connectivity index is 2.00. The standard InChI is InChI=1S/C19H14N4O5S/c1-2-18(24)19-6-5-16(4-3-13-7-14(22(25)26)10-20-9-13)29(19)17-8-15(23(27)28)11-21-12-17/h5-12,29H,2H2,1H3. The lowest BCUT2D eigenvalue weighted by atomic mass is 10.2. The van der Waals surface area contributed by atoms with Crippen LogP contribution in [0.15, 0.2) is 63.8 Å². The summed E-state index contributed by atoms with van der Waals surface area (Å²) < 4.78 is 0. The molecule has 0 radical (unpaired) electrons. The second-order valence-electron chi connectivity index (χ2n) is 5.81. The fourth-order valence-electron chi connectivity index (χ4n) is 2.58. The zero-order valence-electron chi connectivity index (χ0n) is 15.1. The Morgan fingerprint density at radius 3 is 2.31 bits per heavy atom. The maximum Gasteiger partial charge on any atom is 0.288 e. The number of allylic oxidation sites excluding steroid dienone is 4. The molecule has 0 saturated heterocycles. The Morgan fingerprint density at radius 1 is 1.00 bits per heavy atom. The quantitative estimate of drug-likeness (QED) is 0.346. The molecular formula is C19H14N4O5S. The molecule has 0 aromatic carbocycles. The predicted molar refractivity (Wildman–Crippen MR) is 107 cm³/mol. The van der Waals surface area contributed by atoms with Gasteiger partial charge in [-0.25, -0.2) is 0 Å². The third kappa shape index (κ3) is 4.36.